The van der Waals surface area contributed by atoms with E-state index in [-0.39, 0.29) is 29.8 Å². The van der Waals surface area contributed by atoms with E-state index in [0.29, 0.717) is 31.9 Å². The van der Waals surface area contributed by atoms with Crippen LogP contribution in [0.4, 0.5) is 5.69 Å². The predicted octanol–water partition coefficient (Wildman–Crippen LogP) is 1.13. The van der Waals surface area contributed by atoms with Crippen molar-refractivity contribution in [2.45, 2.75) is 19.4 Å². The molecule has 1 N–H and O–H groups in total. The molecule has 1 aliphatic rings. The molecule has 8 heteroatoms. The third-order valence-electron chi connectivity index (χ3n) is 4.42. The van der Waals surface area contributed by atoms with Gasteiger partial charge in [0.15, 0.2) is 0 Å². The van der Waals surface area contributed by atoms with Crippen molar-refractivity contribution in [3.63, 3.8) is 0 Å². The number of nitro groups is 1. The van der Waals surface area contributed by atoms with Gasteiger partial charge < -0.3 is 14.7 Å². The van der Waals surface area contributed by atoms with Crippen molar-refractivity contribution in [2.24, 2.45) is 0 Å². The number of carbonyl (C=O) groups excluding carboxylic acids is 1. The fourth-order valence-electron chi connectivity index (χ4n) is 2.94. The average Bonchev–Trinajstić information content (AvgIpc) is 2.62. The zero-order chi connectivity index (χ0) is 17.7. The Bertz CT molecular complexity index is 595. The van der Waals surface area contributed by atoms with Gasteiger partial charge in [-0.15, -0.1) is 0 Å². The Morgan fingerprint density at radius 1 is 1.38 bits per heavy atom. The summed E-state index contributed by atoms with van der Waals surface area (Å²) >= 11 is 0. The van der Waals surface area contributed by atoms with E-state index in [9.17, 15) is 20.0 Å². The molecule has 24 heavy (non-hydrogen) atoms. The van der Waals surface area contributed by atoms with Crippen LogP contribution in [0.5, 0.6) is 5.75 Å². The first-order chi connectivity index (χ1) is 11.5. The molecular weight excluding hydrogens is 314 g/mol. The van der Waals surface area contributed by atoms with Crippen molar-refractivity contribution in [3.8, 4) is 5.75 Å². The van der Waals surface area contributed by atoms with E-state index in [2.05, 4.69) is 4.90 Å². The number of ether oxygens (including phenoxy) is 1. The molecular formula is C16H23N3O5. The van der Waals surface area contributed by atoms with E-state index in [1.807, 2.05) is 6.92 Å². The van der Waals surface area contributed by atoms with Gasteiger partial charge in [0, 0.05) is 44.4 Å². The van der Waals surface area contributed by atoms with Gasteiger partial charge in [0.25, 0.3) is 11.6 Å². The summed E-state index contributed by atoms with van der Waals surface area (Å²) in [6.45, 7) is 4.49. The van der Waals surface area contributed by atoms with E-state index < -0.39 is 4.92 Å². The number of aliphatic hydroxyl groups is 1. The van der Waals surface area contributed by atoms with E-state index in [0.717, 1.165) is 6.42 Å². The summed E-state index contributed by atoms with van der Waals surface area (Å²) in [5, 5.41) is 20.3. The summed E-state index contributed by atoms with van der Waals surface area (Å²) in [5.41, 5.74) is 0.0680. The second-order valence-electron chi connectivity index (χ2n) is 5.71. The number of methoxy groups -OCH3 is 1. The SMILES string of the molecule is CC[C@H](CO)N1CCN(C(=O)c2cc([N+](=O)[O-])ccc2OC)CC1. The average molecular weight is 337 g/mol. The first-order valence-electron chi connectivity index (χ1n) is 7.98. The molecule has 1 atom stereocenters. The van der Waals surface area contributed by atoms with Crippen molar-refractivity contribution in [3.05, 3.63) is 33.9 Å². The molecule has 0 saturated carbocycles. The lowest BCUT2D eigenvalue weighted by Crippen LogP contribution is -2.52. The second kappa shape index (κ2) is 8.07. The van der Waals surface area contributed by atoms with Crippen LogP contribution in [-0.2, 0) is 0 Å². The van der Waals surface area contributed by atoms with Gasteiger partial charge in [0.1, 0.15) is 5.75 Å². The van der Waals surface area contributed by atoms with Gasteiger partial charge in [-0.05, 0) is 12.5 Å². The van der Waals surface area contributed by atoms with Crippen LogP contribution in [-0.4, -0.2) is 71.7 Å². The smallest absolute Gasteiger partial charge is 0.270 e. The summed E-state index contributed by atoms with van der Waals surface area (Å²) in [6, 6.07) is 4.13. The predicted molar refractivity (Wildman–Crippen MR) is 88.3 cm³/mol. The highest BCUT2D eigenvalue weighted by Gasteiger charge is 2.28. The van der Waals surface area contributed by atoms with Crippen molar-refractivity contribution in [2.75, 3.05) is 39.9 Å². The summed E-state index contributed by atoms with van der Waals surface area (Å²) in [7, 11) is 1.43. The fraction of sp³-hybridized carbons (Fsp3) is 0.562. The van der Waals surface area contributed by atoms with Crippen LogP contribution in [0.25, 0.3) is 0 Å². The maximum atomic E-state index is 12.7. The highest BCUT2D eigenvalue weighted by Crippen LogP contribution is 2.26. The van der Waals surface area contributed by atoms with Crippen LogP contribution in [0.15, 0.2) is 18.2 Å². The maximum Gasteiger partial charge on any atom is 0.270 e. The standard InChI is InChI=1S/C16H23N3O5/c1-3-12(11-20)17-6-8-18(9-7-17)16(21)14-10-13(19(22)23)4-5-15(14)24-2/h4-5,10,12,20H,3,6-9,11H2,1-2H3/t12-/m1/s1. The Kier molecular flexibility index (Phi) is 6.10. The highest BCUT2D eigenvalue weighted by molar-refractivity contribution is 5.97. The molecule has 1 fully saturated rings. The first kappa shape index (κ1) is 18.2. The number of piperazine rings is 1. The lowest BCUT2D eigenvalue weighted by Gasteiger charge is -2.38. The van der Waals surface area contributed by atoms with Gasteiger partial charge in [-0.25, -0.2) is 0 Å². The van der Waals surface area contributed by atoms with E-state index >= 15 is 0 Å². The summed E-state index contributed by atoms with van der Waals surface area (Å²) in [4.78, 5) is 27.0. The van der Waals surface area contributed by atoms with Gasteiger partial charge in [0.2, 0.25) is 0 Å². The number of benzene rings is 1. The number of nitro benzene ring substituents is 1. The Labute approximate surface area is 140 Å². The van der Waals surface area contributed by atoms with Crippen molar-refractivity contribution >= 4 is 11.6 Å². The Balaban J connectivity index is 2.13. The molecule has 132 valence electrons. The summed E-state index contributed by atoms with van der Waals surface area (Å²) in [6.07, 6.45) is 0.850. The summed E-state index contributed by atoms with van der Waals surface area (Å²) < 4.78 is 5.17. The van der Waals surface area contributed by atoms with Gasteiger partial charge in [0.05, 0.1) is 24.2 Å². The first-order valence-corrected chi connectivity index (χ1v) is 7.98. The van der Waals surface area contributed by atoms with Crippen LogP contribution in [0.3, 0.4) is 0 Å². The molecule has 1 aromatic carbocycles. The normalized spacial score (nSPS) is 16.7. The maximum absolute atomic E-state index is 12.7. The van der Waals surface area contributed by atoms with Gasteiger partial charge in [-0.1, -0.05) is 6.92 Å². The summed E-state index contributed by atoms with van der Waals surface area (Å²) in [5.74, 6) is 0.0575. The van der Waals surface area contributed by atoms with Gasteiger partial charge in [-0.3, -0.25) is 19.8 Å². The van der Waals surface area contributed by atoms with E-state index in [4.69, 9.17) is 4.74 Å². The molecule has 1 aliphatic heterocycles. The van der Waals surface area contributed by atoms with Crippen LogP contribution < -0.4 is 4.74 Å². The lowest BCUT2D eigenvalue weighted by atomic mass is 10.1. The minimum atomic E-state index is -0.527. The highest BCUT2D eigenvalue weighted by atomic mass is 16.6. The molecule has 1 aromatic rings. The monoisotopic (exact) mass is 337 g/mol. The zero-order valence-electron chi connectivity index (χ0n) is 14.0. The molecule has 0 aromatic heterocycles. The lowest BCUT2D eigenvalue weighted by molar-refractivity contribution is -0.384. The molecule has 1 amide bonds. The van der Waals surface area contributed by atoms with Crippen molar-refractivity contribution in [1.82, 2.24) is 9.80 Å². The Morgan fingerprint density at radius 3 is 2.54 bits per heavy atom. The van der Waals surface area contributed by atoms with Crippen LogP contribution >= 0.6 is 0 Å². The molecule has 0 bridgehead atoms. The number of carbonyl (C=O) groups is 1. The number of nitrogens with zero attached hydrogens (tertiary/aromatic N) is 3. The van der Waals surface area contributed by atoms with Crippen LogP contribution in [0, 0.1) is 10.1 Å². The second-order valence-corrected chi connectivity index (χ2v) is 5.71. The largest absolute Gasteiger partial charge is 0.496 e. The van der Waals surface area contributed by atoms with E-state index in [1.165, 1.54) is 25.3 Å². The van der Waals surface area contributed by atoms with Gasteiger partial charge in [-0.2, -0.15) is 0 Å². The fourth-order valence-corrected chi connectivity index (χ4v) is 2.94. The third kappa shape index (κ3) is 3.82. The molecule has 0 unspecified atom stereocenters. The van der Waals surface area contributed by atoms with E-state index in [1.54, 1.807) is 4.90 Å². The Morgan fingerprint density at radius 2 is 2.04 bits per heavy atom. The minimum absolute atomic E-state index is 0.100. The molecule has 8 nitrogen and oxygen atoms in total. The van der Waals surface area contributed by atoms with Crippen LogP contribution in [0.1, 0.15) is 23.7 Å². The molecule has 1 heterocycles. The Hall–Kier alpha value is -2.19. The number of hydrogen-bond acceptors (Lipinski definition) is 6. The number of hydrogen-bond donors (Lipinski definition) is 1. The molecule has 1 saturated heterocycles. The number of non-ortho nitro benzene ring substituents is 1. The number of aliphatic hydroxyl groups excluding tert-OH is 1. The molecule has 0 aliphatic carbocycles. The topological polar surface area (TPSA) is 96.2 Å². The van der Waals surface area contributed by atoms with Crippen molar-refractivity contribution in [1.29, 1.82) is 0 Å². The van der Waals surface area contributed by atoms with Crippen molar-refractivity contribution < 1.29 is 19.6 Å². The molecule has 2 rings (SSSR count). The quantitative estimate of drug-likeness (QED) is 0.617. The minimum Gasteiger partial charge on any atom is -0.496 e. The molecule has 0 radical (unpaired) electrons. The molecule has 0 spiro atoms. The number of amides is 1. The van der Waals surface area contributed by atoms with Crippen LogP contribution in [0.2, 0.25) is 0 Å². The zero-order valence-corrected chi connectivity index (χ0v) is 14.0. The van der Waals surface area contributed by atoms with Gasteiger partial charge >= 0.3 is 0 Å². The third-order valence-corrected chi connectivity index (χ3v) is 4.42. The number of rotatable bonds is 6.